The molecule has 0 radical (unpaired) electrons. The van der Waals surface area contributed by atoms with E-state index in [-0.39, 0.29) is 17.7 Å². The molecule has 3 N–H and O–H groups in total. The number of benzene rings is 2. The summed E-state index contributed by atoms with van der Waals surface area (Å²) >= 11 is 0. The van der Waals surface area contributed by atoms with Crippen molar-refractivity contribution in [2.24, 2.45) is 5.92 Å². The van der Waals surface area contributed by atoms with E-state index in [1.165, 1.54) is 0 Å². The molecular weight excluding hydrogens is 394 g/mol. The average molecular weight is 424 g/mol. The van der Waals surface area contributed by atoms with E-state index >= 15 is 0 Å². The van der Waals surface area contributed by atoms with E-state index in [1.54, 1.807) is 21.0 Å². The molecule has 0 saturated carbocycles. The van der Waals surface area contributed by atoms with Crippen LogP contribution >= 0.6 is 0 Å². The van der Waals surface area contributed by atoms with E-state index in [1.807, 2.05) is 54.7 Å². The molecule has 2 aromatic carbocycles. The molecule has 7 heteroatoms. The maximum Gasteiger partial charge on any atom is 0.243 e. The summed E-state index contributed by atoms with van der Waals surface area (Å²) in [4.78, 5) is 28.3. The van der Waals surface area contributed by atoms with Gasteiger partial charge in [-0.15, -0.1) is 0 Å². The monoisotopic (exact) mass is 423 g/mol. The Bertz CT molecular complexity index is 1010. The van der Waals surface area contributed by atoms with Crippen LogP contribution in [0.5, 0.6) is 11.5 Å². The topological polar surface area (TPSA) is 92.4 Å². The number of amides is 2. The molecule has 164 valence electrons. The first-order valence-electron chi connectivity index (χ1n) is 10.4. The van der Waals surface area contributed by atoms with Crippen LogP contribution in [0.4, 0.5) is 0 Å². The fourth-order valence-corrected chi connectivity index (χ4v) is 3.21. The van der Waals surface area contributed by atoms with E-state index < -0.39 is 6.04 Å². The summed E-state index contributed by atoms with van der Waals surface area (Å²) in [6, 6.07) is 14.5. The molecule has 31 heavy (non-hydrogen) atoms. The third-order valence-corrected chi connectivity index (χ3v) is 4.99. The molecular formula is C24H29N3O4. The molecule has 7 nitrogen and oxygen atoms in total. The van der Waals surface area contributed by atoms with E-state index in [9.17, 15) is 9.59 Å². The lowest BCUT2D eigenvalue weighted by Crippen LogP contribution is -2.49. The van der Waals surface area contributed by atoms with Crippen molar-refractivity contribution in [2.75, 3.05) is 20.3 Å². The van der Waals surface area contributed by atoms with Crippen LogP contribution in [0.15, 0.2) is 54.7 Å². The lowest BCUT2D eigenvalue weighted by Gasteiger charge is -2.19. The summed E-state index contributed by atoms with van der Waals surface area (Å²) in [6.45, 7) is 4.25. The highest BCUT2D eigenvalue weighted by Crippen LogP contribution is 2.19. The number of aromatic nitrogens is 1. The van der Waals surface area contributed by atoms with Gasteiger partial charge in [-0.25, -0.2) is 0 Å². The number of nitrogens with one attached hydrogen (secondary N) is 3. The summed E-state index contributed by atoms with van der Waals surface area (Å²) < 4.78 is 10.8. The van der Waals surface area contributed by atoms with E-state index in [2.05, 4.69) is 15.6 Å². The van der Waals surface area contributed by atoms with Gasteiger partial charge in [0.05, 0.1) is 13.7 Å². The van der Waals surface area contributed by atoms with Crippen molar-refractivity contribution in [3.8, 4) is 11.5 Å². The number of hydrogen-bond donors (Lipinski definition) is 3. The van der Waals surface area contributed by atoms with Gasteiger partial charge in [-0.2, -0.15) is 0 Å². The molecule has 1 aromatic heterocycles. The molecule has 3 rings (SSSR count). The molecule has 1 atom stereocenters. The van der Waals surface area contributed by atoms with E-state index in [0.29, 0.717) is 25.3 Å². The highest BCUT2D eigenvalue weighted by Gasteiger charge is 2.23. The standard InChI is InChI=1S/C24H29N3O4/c1-16(2)23(28)27-22(14-17-15-26-21-7-5-4-6-20(17)21)24(29)25-12-13-31-19-10-8-18(30-3)9-11-19/h4-11,15-16,22,26H,12-14H2,1-3H3,(H,25,29)(H,27,28). The zero-order chi connectivity index (χ0) is 22.2. The third-order valence-electron chi connectivity index (χ3n) is 4.99. The molecule has 3 aromatic rings. The summed E-state index contributed by atoms with van der Waals surface area (Å²) in [5.41, 5.74) is 1.98. The molecule has 0 spiro atoms. The van der Waals surface area contributed by atoms with Crippen LogP contribution in [0.1, 0.15) is 19.4 Å². The van der Waals surface area contributed by atoms with Crippen molar-refractivity contribution < 1.29 is 19.1 Å². The molecule has 1 heterocycles. The van der Waals surface area contributed by atoms with Crippen LogP contribution in [0.2, 0.25) is 0 Å². The highest BCUT2D eigenvalue weighted by molar-refractivity contribution is 5.90. The zero-order valence-corrected chi connectivity index (χ0v) is 18.1. The lowest BCUT2D eigenvalue weighted by molar-refractivity contribution is -0.130. The van der Waals surface area contributed by atoms with Crippen molar-refractivity contribution in [1.29, 1.82) is 0 Å². The van der Waals surface area contributed by atoms with Crippen LogP contribution in [0.25, 0.3) is 10.9 Å². The summed E-state index contributed by atoms with van der Waals surface area (Å²) in [7, 11) is 1.61. The van der Waals surface area contributed by atoms with Gasteiger partial charge in [-0.3, -0.25) is 9.59 Å². The van der Waals surface area contributed by atoms with Crippen LogP contribution < -0.4 is 20.1 Å². The lowest BCUT2D eigenvalue weighted by atomic mass is 10.0. The van der Waals surface area contributed by atoms with Gasteiger partial charge in [0.15, 0.2) is 0 Å². The third kappa shape index (κ3) is 6.01. The average Bonchev–Trinajstić information content (AvgIpc) is 3.19. The molecule has 0 saturated heterocycles. The van der Waals surface area contributed by atoms with Crippen molar-refractivity contribution in [3.63, 3.8) is 0 Å². The van der Waals surface area contributed by atoms with Gasteiger partial charge >= 0.3 is 0 Å². The number of aromatic amines is 1. The minimum Gasteiger partial charge on any atom is -0.497 e. The minimum absolute atomic E-state index is 0.158. The minimum atomic E-state index is -0.671. The van der Waals surface area contributed by atoms with E-state index in [4.69, 9.17) is 9.47 Å². The first kappa shape index (κ1) is 22.2. The fraction of sp³-hybridized carbons (Fsp3) is 0.333. The Labute approximate surface area is 182 Å². The highest BCUT2D eigenvalue weighted by atomic mass is 16.5. The Kier molecular flexibility index (Phi) is 7.54. The van der Waals surface area contributed by atoms with Gasteiger partial charge in [0.2, 0.25) is 11.8 Å². The van der Waals surface area contributed by atoms with Crippen molar-refractivity contribution in [2.45, 2.75) is 26.3 Å². The number of carbonyl (C=O) groups is 2. The second-order valence-electron chi connectivity index (χ2n) is 7.59. The summed E-state index contributed by atoms with van der Waals surface area (Å²) in [5.74, 6) is 0.837. The predicted molar refractivity (Wildman–Crippen MR) is 120 cm³/mol. The summed E-state index contributed by atoms with van der Waals surface area (Å²) in [5, 5.41) is 6.78. The second-order valence-corrected chi connectivity index (χ2v) is 7.59. The quantitative estimate of drug-likeness (QED) is 0.437. The van der Waals surface area contributed by atoms with Crippen molar-refractivity contribution >= 4 is 22.7 Å². The number of ether oxygens (including phenoxy) is 2. The predicted octanol–water partition coefficient (Wildman–Crippen LogP) is 3.06. The Morgan fingerprint density at radius 3 is 2.42 bits per heavy atom. The molecule has 0 aliphatic rings. The van der Waals surface area contributed by atoms with Gasteiger partial charge in [0.1, 0.15) is 24.1 Å². The van der Waals surface area contributed by atoms with Gasteiger partial charge in [0, 0.05) is 29.4 Å². The molecule has 0 fully saturated rings. The Morgan fingerprint density at radius 2 is 1.71 bits per heavy atom. The molecule has 2 amide bonds. The SMILES string of the molecule is COc1ccc(OCCNC(=O)C(Cc2c[nH]c3ccccc23)NC(=O)C(C)C)cc1. The Balaban J connectivity index is 1.59. The smallest absolute Gasteiger partial charge is 0.243 e. The number of rotatable bonds is 10. The number of H-pyrrole nitrogens is 1. The summed E-state index contributed by atoms with van der Waals surface area (Å²) in [6.07, 6.45) is 2.28. The van der Waals surface area contributed by atoms with Crippen LogP contribution in [0.3, 0.4) is 0 Å². The van der Waals surface area contributed by atoms with Crippen molar-refractivity contribution in [3.05, 3.63) is 60.3 Å². The van der Waals surface area contributed by atoms with Gasteiger partial charge < -0.3 is 25.1 Å². The molecule has 0 aliphatic carbocycles. The van der Waals surface area contributed by atoms with Crippen LogP contribution in [-0.2, 0) is 16.0 Å². The van der Waals surface area contributed by atoms with Gasteiger partial charge in [0.25, 0.3) is 0 Å². The number of carbonyl (C=O) groups excluding carboxylic acids is 2. The Hall–Kier alpha value is -3.48. The maximum absolute atomic E-state index is 12.9. The van der Waals surface area contributed by atoms with Gasteiger partial charge in [-0.1, -0.05) is 32.0 Å². The number of methoxy groups -OCH3 is 1. The van der Waals surface area contributed by atoms with Crippen LogP contribution in [-0.4, -0.2) is 43.1 Å². The first-order valence-corrected chi connectivity index (χ1v) is 10.4. The largest absolute Gasteiger partial charge is 0.497 e. The van der Waals surface area contributed by atoms with Crippen molar-refractivity contribution in [1.82, 2.24) is 15.6 Å². The second kappa shape index (κ2) is 10.5. The number of hydrogen-bond acceptors (Lipinski definition) is 4. The maximum atomic E-state index is 12.9. The van der Waals surface area contributed by atoms with E-state index in [0.717, 1.165) is 22.2 Å². The number of fused-ring (bicyclic) bond motifs is 1. The fourth-order valence-electron chi connectivity index (χ4n) is 3.21. The number of para-hydroxylation sites is 1. The molecule has 1 unspecified atom stereocenters. The van der Waals surface area contributed by atoms with Gasteiger partial charge in [-0.05, 0) is 35.9 Å². The zero-order valence-electron chi connectivity index (χ0n) is 18.1. The van der Waals surface area contributed by atoms with Crippen LogP contribution in [0, 0.1) is 5.92 Å². The molecule has 0 bridgehead atoms. The Morgan fingerprint density at radius 1 is 1.00 bits per heavy atom. The normalized spacial score (nSPS) is 11.9. The first-order chi connectivity index (χ1) is 15.0. The molecule has 0 aliphatic heterocycles.